The molecular formula is C19H22N4O2S. The van der Waals surface area contributed by atoms with Crippen LogP contribution in [0.25, 0.3) is 0 Å². The van der Waals surface area contributed by atoms with Gasteiger partial charge in [0.15, 0.2) is 11.2 Å². The van der Waals surface area contributed by atoms with Crippen LogP contribution >= 0.6 is 11.3 Å². The van der Waals surface area contributed by atoms with Crippen LogP contribution in [0, 0.1) is 18.3 Å². The molecule has 0 spiro atoms. The highest BCUT2D eigenvalue weighted by atomic mass is 32.1. The molecule has 1 fully saturated rings. The number of benzene rings is 1. The van der Waals surface area contributed by atoms with Crippen LogP contribution in [0.1, 0.15) is 24.6 Å². The van der Waals surface area contributed by atoms with Gasteiger partial charge >= 0.3 is 0 Å². The van der Waals surface area contributed by atoms with Crippen molar-refractivity contribution in [1.82, 2.24) is 9.88 Å². The van der Waals surface area contributed by atoms with E-state index in [1.807, 2.05) is 11.8 Å². The molecule has 1 atom stereocenters. The molecule has 2 aromatic rings. The lowest BCUT2D eigenvalue weighted by atomic mass is 10.2. The number of aryl methyl sites for hydroxylation is 1. The van der Waals surface area contributed by atoms with Crippen LogP contribution in [0.3, 0.4) is 0 Å². The van der Waals surface area contributed by atoms with E-state index >= 15 is 0 Å². The summed E-state index contributed by atoms with van der Waals surface area (Å²) in [5.41, 5.74) is 1.60. The Hall–Kier alpha value is -2.59. The number of hydrogen-bond donors (Lipinski definition) is 0. The van der Waals surface area contributed by atoms with Crippen molar-refractivity contribution in [2.45, 2.75) is 26.4 Å². The van der Waals surface area contributed by atoms with E-state index < -0.39 is 6.10 Å². The zero-order chi connectivity index (χ0) is 18.5. The average Bonchev–Trinajstić information content (AvgIpc) is 2.93. The molecule has 1 aromatic carbocycles. The molecular weight excluding hydrogens is 348 g/mol. The standard InChI is InChI=1S/C19H22N4O2S/c1-14-13-26-19(21-14)23-9-3-8-22(10-11-23)18(24)15(2)25-17-6-4-16(12-20)5-7-17/h4-7,13,15H,3,8-11H2,1-2H3. The molecule has 1 aromatic heterocycles. The number of hydrogen-bond acceptors (Lipinski definition) is 6. The molecule has 7 heteroatoms. The zero-order valence-corrected chi connectivity index (χ0v) is 15.8. The zero-order valence-electron chi connectivity index (χ0n) is 15.0. The van der Waals surface area contributed by atoms with Crippen molar-refractivity contribution < 1.29 is 9.53 Å². The number of ether oxygens (including phenoxy) is 1. The number of nitrogens with zero attached hydrogens (tertiary/aromatic N) is 4. The minimum atomic E-state index is -0.559. The van der Waals surface area contributed by atoms with Gasteiger partial charge < -0.3 is 14.5 Å². The third-order valence-electron chi connectivity index (χ3n) is 4.33. The van der Waals surface area contributed by atoms with Gasteiger partial charge in [-0.3, -0.25) is 4.79 Å². The first-order chi connectivity index (χ1) is 12.6. The maximum absolute atomic E-state index is 12.7. The molecule has 1 amide bonds. The highest BCUT2D eigenvalue weighted by molar-refractivity contribution is 7.13. The molecule has 6 nitrogen and oxygen atoms in total. The van der Waals surface area contributed by atoms with Gasteiger partial charge in [-0.05, 0) is 44.5 Å². The van der Waals surface area contributed by atoms with Crippen molar-refractivity contribution in [2.24, 2.45) is 0 Å². The normalized spacial score (nSPS) is 15.9. The summed E-state index contributed by atoms with van der Waals surface area (Å²) in [4.78, 5) is 21.4. The first-order valence-corrected chi connectivity index (χ1v) is 9.57. The van der Waals surface area contributed by atoms with E-state index in [0.717, 1.165) is 36.9 Å². The van der Waals surface area contributed by atoms with Crippen molar-refractivity contribution in [1.29, 1.82) is 5.26 Å². The molecule has 1 aliphatic rings. The number of amides is 1. The van der Waals surface area contributed by atoms with E-state index in [1.54, 1.807) is 42.5 Å². The van der Waals surface area contributed by atoms with Crippen molar-refractivity contribution in [3.05, 3.63) is 40.9 Å². The predicted octanol–water partition coefficient (Wildman–Crippen LogP) is 2.83. The van der Waals surface area contributed by atoms with Crippen LogP contribution < -0.4 is 9.64 Å². The van der Waals surface area contributed by atoms with Gasteiger partial charge in [0.05, 0.1) is 17.3 Å². The molecule has 0 radical (unpaired) electrons. The lowest BCUT2D eigenvalue weighted by molar-refractivity contribution is -0.137. The largest absolute Gasteiger partial charge is 0.481 e. The maximum Gasteiger partial charge on any atom is 0.263 e. The van der Waals surface area contributed by atoms with Gasteiger partial charge in [0.25, 0.3) is 5.91 Å². The molecule has 0 saturated carbocycles. The van der Waals surface area contributed by atoms with Gasteiger partial charge in [0.1, 0.15) is 5.75 Å². The summed E-state index contributed by atoms with van der Waals surface area (Å²) in [5, 5.41) is 11.9. The van der Waals surface area contributed by atoms with Crippen molar-refractivity contribution in [3.63, 3.8) is 0 Å². The van der Waals surface area contributed by atoms with Crippen LogP contribution in [0.15, 0.2) is 29.6 Å². The molecule has 2 heterocycles. The summed E-state index contributed by atoms with van der Waals surface area (Å²) < 4.78 is 5.76. The number of aromatic nitrogens is 1. The van der Waals surface area contributed by atoms with Crippen molar-refractivity contribution in [2.75, 3.05) is 31.1 Å². The van der Waals surface area contributed by atoms with E-state index in [-0.39, 0.29) is 5.91 Å². The fourth-order valence-electron chi connectivity index (χ4n) is 2.94. The molecule has 1 unspecified atom stereocenters. The maximum atomic E-state index is 12.7. The van der Waals surface area contributed by atoms with E-state index in [2.05, 4.69) is 21.3 Å². The fraction of sp³-hybridized carbons (Fsp3) is 0.421. The van der Waals surface area contributed by atoms with Gasteiger partial charge in [-0.2, -0.15) is 5.26 Å². The van der Waals surface area contributed by atoms with Crippen LogP contribution in [-0.4, -0.2) is 48.1 Å². The Morgan fingerprint density at radius 3 is 2.69 bits per heavy atom. The quantitative estimate of drug-likeness (QED) is 0.828. The Morgan fingerprint density at radius 1 is 1.27 bits per heavy atom. The number of carbonyl (C=O) groups is 1. The minimum Gasteiger partial charge on any atom is -0.481 e. The van der Waals surface area contributed by atoms with Crippen LogP contribution in [0.4, 0.5) is 5.13 Å². The molecule has 0 aliphatic carbocycles. The predicted molar refractivity (Wildman–Crippen MR) is 102 cm³/mol. The number of nitriles is 1. The van der Waals surface area contributed by atoms with E-state index in [1.165, 1.54) is 0 Å². The Kier molecular flexibility index (Phi) is 5.74. The molecule has 1 aliphatic heterocycles. The van der Waals surface area contributed by atoms with Crippen LogP contribution in [0.2, 0.25) is 0 Å². The highest BCUT2D eigenvalue weighted by Crippen LogP contribution is 2.22. The van der Waals surface area contributed by atoms with E-state index in [4.69, 9.17) is 10.00 Å². The Morgan fingerprint density at radius 2 is 2.04 bits per heavy atom. The smallest absolute Gasteiger partial charge is 0.263 e. The Balaban J connectivity index is 1.57. The monoisotopic (exact) mass is 370 g/mol. The lowest BCUT2D eigenvalue weighted by Crippen LogP contribution is -2.42. The second kappa shape index (κ2) is 8.19. The third-order valence-corrected chi connectivity index (χ3v) is 5.35. The van der Waals surface area contributed by atoms with Gasteiger partial charge in [0, 0.05) is 31.6 Å². The topological polar surface area (TPSA) is 69.5 Å². The van der Waals surface area contributed by atoms with E-state index in [0.29, 0.717) is 17.9 Å². The fourth-order valence-corrected chi connectivity index (χ4v) is 3.79. The average molecular weight is 370 g/mol. The summed E-state index contributed by atoms with van der Waals surface area (Å²) in [5.74, 6) is 0.589. The molecule has 0 bridgehead atoms. The van der Waals surface area contributed by atoms with Gasteiger partial charge in [0.2, 0.25) is 0 Å². The van der Waals surface area contributed by atoms with E-state index in [9.17, 15) is 4.79 Å². The summed E-state index contributed by atoms with van der Waals surface area (Å²) in [6.07, 6.45) is 0.352. The molecule has 0 N–H and O–H groups in total. The SMILES string of the molecule is Cc1csc(N2CCCN(C(=O)C(C)Oc3ccc(C#N)cc3)CC2)n1. The Labute approximate surface area is 157 Å². The van der Waals surface area contributed by atoms with Gasteiger partial charge in [-0.1, -0.05) is 0 Å². The first-order valence-electron chi connectivity index (χ1n) is 8.69. The number of thiazole rings is 1. The van der Waals surface area contributed by atoms with Crippen LogP contribution in [0.5, 0.6) is 5.75 Å². The minimum absolute atomic E-state index is 0.00784. The van der Waals surface area contributed by atoms with Crippen molar-refractivity contribution in [3.8, 4) is 11.8 Å². The summed E-state index contributed by atoms with van der Waals surface area (Å²) in [6, 6.07) is 8.88. The number of anilines is 1. The van der Waals surface area contributed by atoms with Crippen LogP contribution in [-0.2, 0) is 4.79 Å². The second-order valence-electron chi connectivity index (χ2n) is 6.33. The second-order valence-corrected chi connectivity index (χ2v) is 7.17. The number of carbonyl (C=O) groups excluding carboxylic acids is 1. The van der Waals surface area contributed by atoms with Gasteiger partial charge in [-0.15, -0.1) is 11.3 Å². The number of rotatable bonds is 4. The molecule has 136 valence electrons. The molecule has 26 heavy (non-hydrogen) atoms. The molecule has 1 saturated heterocycles. The lowest BCUT2D eigenvalue weighted by Gasteiger charge is -2.25. The third kappa shape index (κ3) is 4.33. The summed E-state index contributed by atoms with van der Waals surface area (Å²) in [6.45, 7) is 6.84. The summed E-state index contributed by atoms with van der Waals surface area (Å²) in [7, 11) is 0. The summed E-state index contributed by atoms with van der Waals surface area (Å²) >= 11 is 1.65. The van der Waals surface area contributed by atoms with Crippen molar-refractivity contribution >= 4 is 22.4 Å². The molecule has 3 rings (SSSR count). The Bertz CT molecular complexity index is 797. The van der Waals surface area contributed by atoms with Gasteiger partial charge in [-0.25, -0.2) is 4.98 Å². The highest BCUT2D eigenvalue weighted by Gasteiger charge is 2.25. The first kappa shape index (κ1) is 18.2.